The lowest BCUT2D eigenvalue weighted by Gasteiger charge is -2.41. The number of piperazine rings is 1. The maximum Gasteiger partial charge on any atom is 0.190 e. The van der Waals surface area contributed by atoms with Crippen molar-refractivity contribution < 1.29 is 4.74 Å². The fraction of sp³-hybridized carbons (Fsp3) is 0.333. The highest BCUT2D eigenvalue weighted by Crippen LogP contribution is 2.31. The molecule has 0 saturated carbocycles. The van der Waals surface area contributed by atoms with Crippen LogP contribution in [0.4, 0.5) is 16.6 Å². The van der Waals surface area contributed by atoms with Crippen molar-refractivity contribution >= 4 is 38.3 Å². The quantitative estimate of drug-likeness (QED) is 0.370. The second-order valence-corrected chi connectivity index (χ2v) is 9.24. The summed E-state index contributed by atoms with van der Waals surface area (Å²) in [6.45, 7) is 10.6. The molecule has 2 N–H and O–H groups in total. The van der Waals surface area contributed by atoms with E-state index in [1.165, 1.54) is 11.3 Å². The van der Waals surface area contributed by atoms with Gasteiger partial charge in [-0.25, -0.2) is 15.0 Å². The van der Waals surface area contributed by atoms with Crippen LogP contribution in [0.3, 0.4) is 0 Å². The van der Waals surface area contributed by atoms with Crippen LogP contribution >= 0.6 is 11.3 Å². The van der Waals surface area contributed by atoms with Gasteiger partial charge in [0.25, 0.3) is 0 Å². The Bertz CT molecular complexity index is 1280. The smallest absolute Gasteiger partial charge is 0.190 e. The van der Waals surface area contributed by atoms with Crippen LogP contribution in [0.5, 0.6) is 0 Å². The minimum atomic E-state index is 0.234. The lowest BCUT2D eigenvalue weighted by Crippen LogP contribution is -2.53. The van der Waals surface area contributed by atoms with Gasteiger partial charge < -0.3 is 15.0 Å². The van der Waals surface area contributed by atoms with Gasteiger partial charge in [0.2, 0.25) is 0 Å². The molecule has 0 spiro atoms. The van der Waals surface area contributed by atoms with Crippen molar-refractivity contribution in [2.45, 2.75) is 13.0 Å². The number of methoxy groups -OCH3 is 1. The van der Waals surface area contributed by atoms with Gasteiger partial charge in [-0.05, 0) is 25.1 Å². The van der Waals surface area contributed by atoms with Crippen LogP contribution < -0.4 is 10.2 Å². The number of hydrogen-bond donors (Lipinski definition) is 2. The molecule has 4 aromatic rings. The van der Waals surface area contributed by atoms with Gasteiger partial charge in [-0.1, -0.05) is 17.4 Å². The van der Waals surface area contributed by atoms with Crippen molar-refractivity contribution in [1.82, 2.24) is 30.0 Å². The summed E-state index contributed by atoms with van der Waals surface area (Å²) in [7, 11) is 1.74. The summed E-state index contributed by atoms with van der Waals surface area (Å²) in [6.07, 6.45) is 5.65. The second-order valence-electron chi connectivity index (χ2n) is 8.26. The first kappa shape index (κ1) is 22.5. The third-order valence-electron chi connectivity index (χ3n) is 6.06. The highest BCUT2D eigenvalue weighted by atomic mass is 32.1. The van der Waals surface area contributed by atoms with Gasteiger partial charge in [-0.15, -0.1) is 6.58 Å². The molecule has 1 saturated heterocycles. The van der Waals surface area contributed by atoms with Crippen molar-refractivity contribution in [1.29, 1.82) is 0 Å². The molecule has 0 radical (unpaired) electrons. The van der Waals surface area contributed by atoms with Crippen molar-refractivity contribution in [3.63, 3.8) is 0 Å². The Morgan fingerprint density at radius 3 is 3.00 bits per heavy atom. The maximum atomic E-state index is 5.24. The number of fused-ring (bicyclic) bond motifs is 1. The lowest BCUT2D eigenvalue weighted by molar-refractivity contribution is 0.138. The predicted octanol–water partition coefficient (Wildman–Crippen LogP) is 3.85. The van der Waals surface area contributed by atoms with E-state index in [1.54, 1.807) is 13.3 Å². The van der Waals surface area contributed by atoms with E-state index in [4.69, 9.17) is 14.7 Å². The van der Waals surface area contributed by atoms with Gasteiger partial charge in [0.1, 0.15) is 16.2 Å². The molecule has 1 atom stereocenters. The molecule has 0 unspecified atom stereocenters. The van der Waals surface area contributed by atoms with Crippen LogP contribution in [0.15, 0.2) is 49.3 Å². The molecule has 5 rings (SSSR count). The summed E-state index contributed by atoms with van der Waals surface area (Å²) < 4.78 is 5.24. The minimum absolute atomic E-state index is 0.234. The van der Waals surface area contributed by atoms with Crippen LogP contribution in [0.25, 0.3) is 21.6 Å². The lowest BCUT2D eigenvalue weighted by atomic mass is 10.1. The number of aryl methyl sites for hydroxylation is 1. The highest BCUT2D eigenvalue weighted by Gasteiger charge is 2.25. The minimum Gasteiger partial charge on any atom is -0.383 e. The zero-order chi connectivity index (χ0) is 23.5. The number of pyridine rings is 2. The van der Waals surface area contributed by atoms with E-state index in [0.29, 0.717) is 0 Å². The Hall–Kier alpha value is -3.34. The van der Waals surface area contributed by atoms with Gasteiger partial charge in [0.15, 0.2) is 5.13 Å². The summed E-state index contributed by atoms with van der Waals surface area (Å²) in [5, 5.41) is 11.2. The maximum absolute atomic E-state index is 5.24. The first-order chi connectivity index (χ1) is 16.6. The van der Waals surface area contributed by atoms with Crippen molar-refractivity contribution in [3.8, 4) is 11.3 Å². The molecule has 9 nitrogen and oxygen atoms in total. The number of aromatic amines is 1. The Labute approximate surface area is 202 Å². The fourth-order valence-corrected chi connectivity index (χ4v) is 5.07. The first-order valence-corrected chi connectivity index (χ1v) is 12.1. The Kier molecular flexibility index (Phi) is 6.52. The van der Waals surface area contributed by atoms with E-state index >= 15 is 0 Å². The van der Waals surface area contributed by atoms with E-state index in [1.807, 2.05) is 37.4 Å². The summed E-state index contributed by atoms with van der Waals surface area (Å²) >= 11 is 1.51. The van der Waals surface area contributed by atoms with Crippen molar-refractivity contribution in [2.75, 3.05) is 50.1 Å². The van der Waals surface area contributed by atoms with E-state index in [-0.39, 0.29) is 6.04 Å². The largest absolute Gasteiger partial charge is 0.383 e. The van der Waals surface area contributed by atoms with Gasteiger partial charge >= 0.3 is 0 Å². The predicted molar refractivity (Wildman–Crippen MR) is 137 cm³/mol. The Morgan fingerprint density at radius 2 is 2.21 bits per heavy atom. The zero-order valence-electron chi connectivity index (χ0n) is 19.4. The summed E-state index contributed by atoms with van der Waals surface area (Å²) in [6, 6.07) is 8.32. The number of rotatable bonds is 8. The molecule has 0 aromatic carbocycles. The standard InChI is InChI=1S/C24H28N8OS/c1-4-17-15-31(11-12-33-3)9-10-32(17)18-7-8-25-22(13-18)29-24-28-21-6-5-20(27-23(21)34-24)19-14-26-30-16(19)2/h4-8,13-14,17H,1,9-12,15H2,2-3H3,(H,26,30)(H,25,28,29)/t17-/m0/s1. The third kappa shape index (κ3) is 4.65. The van der Waals surface area contributed by atoms with Crippen molar-refractivity contribution in [3.05, 3.63) is 55.0 Å². The number of thiazole rings is 1. The van der Waals surface area contributed by atoms with Crippen LogP contribution in [0, 0.1) is 6.92 Å². The van der Waals surface area contributed by atoms with Gasteiger partial charge in [0.05, 0.1) is 24.5 Å². The van der Waals surface area contributed by atoms with E-state index < -0.39 is 0 Å². The second kappa shape index (κ2) is 9.88. The van der Waals surface area contributed by atoms with Crippen LogP contribution in [-0.2, 0) is 4.74 Å². The molecule has 0 amide bonds. The fourth-order valence-electron chi connectivity index (χ4n) is 4.22. The number of hydrogen-bond acceptors (Lipinski definition) is 9. The molecule has 0 bridgehead atoms. The summed E-state index contributed by atoms with van der Waals surface area (Å²) in [4.78, 5) is 19.7. The molecule has 176 valence electrons. The summed E-state index contributed by atoms with van der Waals surface area (Å²) in [5.41, 5.74) is 4.85. The molecule has 10 heteroatoms. The number of anilines is 3. The Balaban J connectivity index is 1.33. The van der Waals surface area contributed by atoms with Gasteiger partial charge in [-0.3, -0.25) is 10.00 Å². The average molecular weight is 477 g/mol. The highest BCUT2D eigenvalue weighted by molar-refractivity contribution is 7.21. The van der Waals surface area contributed by atoms with E-state index in [9.17, 15) is 0 Å². The van der Waals surface area contributed by atoms with E-state index in [2.05, 4.69) is 42.9 Å². The topological polar surface area (TPSA) is 95.1 Å². The van der Waals surface area contributed by atoms with Gasteiger partial charge in [0, 0.05) is 62.5 Å². The monoisotopic (exact) mass is 476 g/mol. The number of nitrogens with one attached hydrogen (secondary N) is 2. The molecule has 1 aliphatic rings. The molecule has 0 aliphatic carbocycles. The number of nitrogens with zero attached hydrogens (tertiary/aromatic N) is 6. The van der Waals surface area contributed by atoms with Crippen LogP contribution in [0.1, 0.15) is 5.69 Å². The molecule has 34 heavy (non-hydrogen) atoms. The van der Waals surface area contributed by atoms with Gasteiger partial charge in [-0.2, -0.15) is 5.10 Å². The first-order valence-electron chi connectivity index (χ1n) is 11.3. The number of aromatic nitrogens is 5. The number of H-pyrrole nitrogens is 1. The molecule has 1 fully saturated rings. The number of ether oxygens (including phenoxy) is 1. The molecule has 5 heterocycles. The van der Waals surface area contributed by atoms with E-state index in [0.717, 1.165) is 76.7 Å². The third-order valence-corrected chi connectivity index (χ3v) is 6.94. The SMILES string of the molecule is C=C[C@H]1CN(CCOC)CCN1c1ccnc(Nc2nc3ccc(-c4cn[nH]c4C)nc3s2)c1. The normalized spacial score (nSPS) is 16.8. The van der Waals surface area contributed by atoms with Crippen molar-refractivity contribution in [2.24, 2.45) is 0 Å². The molecular formula is C24H28N8OS. The van der Waals surface area contributed by atoms with Crippen LogP contribution in [-0.4, -0.2) is 76.0 Å². The molecule has 1 aliphatic heterocycles. The molecular weight excluding hydrogens is 448 g/mol. The Morgan fingerprint density at radius 1 is 1.29 bits per heavy atom. The summed E-state index contributed by atoms with van der Waals surface area (Å²) in [5.74, 6) is 0.757. The average Bonchev–Trinajstić information content (AvgIpc) is 3.47. The molecule has 4 aromatic heterocycles. The van der Waals surface area contributed by atoms with Crippen LogP contribution in [0.2, 0.25) is 0 Å². The zero-order valence-corrected chi connectivity index (χ0v) is 20.2.